The van der Waals surface area contributed by atoms with Gasteiger partial charge in [0.15, 0.2) is 5.96 Å². The molecule has 2 aliphatic heterocycles. The second-order valence-electron chi connectivity index (χ2n) is 4.56. The molecular formula is C13H18ClN5O2. The standard InChI is InChI=1S/C13H18ClN5O2/c1-20-9-6-4-7(12(17-9)21-2)3-5-8-10(14)18-13(16)19-11(8)15/h6-8,10-11H,4,15H2,1-2H3,(H3,16,18,19). The minimum atomic E-state index is -0.578. The minimum Gasteiger partial charge on any atom is -0.483 e. The first-order valence-electron chi connectivity index (χ1n) is 6.42. The zero-order chi connectivity index (χ0) is 15.4. The van der Waals surface area contributed by atoms with Crippen molar-refractivity contribution in [3.8, 4) is 11.8 Å². The molecule has 8 heteroatoms. The smallest absolute Gasteiger partial charge is 0.211 e. The number of aliphatic imine (C=N–C) groups is 2. The molecule has 2 aliphatic rings. The summed E-state index contributed by atoms with van der Waals surface area (Å²) in [5.41, 5.74) is 10.9. The first kappa shape index (κ1) is 15.5. The number of allylic oxidation sites excluding steroid dienone is 1. The Morgan fingerprint density at radius 2 is 2.14 bits per heavy atom. The highest BCUT2D eigenvalue weighted by atomic mass is 35.5. The van der Waals surface area contributed by atoms with Gasteiger partial charge in [-0.25, -0.2) is 4.99 Å². The summed E-state index contributed by atoms with van der Waals surface area (Å²) in [4.78, 5) is 8.23. The summed E-state index contributed by atoms with van der Waals surface area (Å²) in [6, 6.07) is 0. The van der Waals surface area contributed by atoms with Crippen molar-refractivity contribution in [2.24, 2.45) is 33.3 Å². The van der Waals surface area contributed by atoms with Crippen molar-refractivity contribution in [1.82, 2.24) is 5.32 Å². The Balaban J connectivity index is 2.13. The van der Waals surface area contributed by atoms with Gasteiger partial charge < -0.3 is 26.3 Å². The fourth-order valence-electron chi connectivity index (χ4n) is 2.03. The Labute approximate surface area is 128 Å². The maximum absolute atomic E-state index is 6.12. The van der Waals surface area contributed by atoms with Gasteiger partial charge >= 0.3 is 0 Å². The Kier molecular flexibility index (Phi) is 4.94. The average molecular weight is 312 g/mol. The van der Waals surface area contributed by atoms with Gasteiger partial charge in [0.05, 0.1) is 32.2 Å². The van der Waals surface area contributed by atoms with Crippen LogP contribution in [-0.4, -0.2) is 37.7 Å². The van der Waals surface area contributed by atoms with Crippen LogP contribution in [0.4, 0.5) is 0 Å². The van der Waals surface area contributed by atoms with Crippen LogP contribution >= 0.6 is 11.6 Å². The predicted molar refractivity (Wildman–Crippen MR) is 81.3 cm³/mol. The van der Waals surface area contributed by atoms with Crippen LogP contribution in [0.2, 0.25) is 0 Å². The number of nitrogens with two attached hydrogens (primary N) is 2. The molecule has 0 radical (unpaired) electrons. The maximum Gasteiger partial charge on any atom is 0.211 e. The summed E-state index contributed by atoms with van der Waals surface area (Å²) in [5.74, 6) is 6.89. The molecule has 0 saturated carbocycles. The fraction of sp³-hybridized carbons (Fsp3) is 0.538. The van der Waals surface area contributed by atoms with E-state index in [4.69, 9.17) is 32.5 Å². The number of rotatable bonds is 1. The first-order chi connectivity index (χ1) is 10.0. The summed E-state index contributed by atoms with van der Waals surface area (Å²) in [6.45, 7) is 0. The van der Waals surface area contributed by atoms with Crippen LogP contribution in [0.3, 0.4) is 0 Å². The molecule has 4 atom stereocenters. The van der Waals surface area contributed by atoms with Gasteiger partial charge in [0.2, 0.25) is 11.8 Å². The quantitative estimate of drug-likeness (QED) is 0.357. The van der Waals surface area contributed by atoms with Crippen LogP contribution in [0.25, 0.3) is 0 Å². The molecule has 0 amide bonds. The number of nitrogens with one attached hydrogen (secondary N) is 1. The maximum atomic E-state index is 6.12. The van der Waals surface area contributed by atoms with Crippen molar-refractivity contribution < 1.29 is 9.47 Å². The molecule has 0 aromatic carbocycles. The molecule has 0 spiro atoms. The Hall–Kier alpha value is -1.91. The van der Waals surface area contributed by atoms with Crippen LogP contribution in [0.5, 0.6) is 0 Å². The first-order valence-corrected chi connectivity index (χ1v) is 6.86. The molecular weight excluding hydrogens is 294 g/mol. The zero-order valence-electron chi connectivity index (χ0n) is 11.8. The van der Waals surface area contributed by atoms with Crippen LogP contribution in [0, 0.1) is 23.7 Å². The molecule has 5 N–H and O–H groups in total. The zero-order valence-corrected chi connectivity index (χ0v) is 12.6. The van der Waals surface area contributed by atoms with Crippen LogP contribution < -0.4 is 16.8 Å². The Morgan fingerprint density at radius 1 is 1.38 bits per heavy atom. The minimum absolute atomic E-state index is 0.159. The van der Waals surface area contributed by atoms with E-state index in [2.05, 4.69) is 27.1 Å². The van der Waals surface area contributed by atoms with Crippen molar-refractivity contribution in [2.45, 2.75) is 18.1 Å². The number of nitrogens with zero attached hydrogens (tertiary/aromatic N) is 2. The molecule has 0 aromatic rings. The lowest BCUT2D eigenvalue weighted by atomic mass is 10.00. The van der Waals surface area contributed by atoms with Gasteiger partial charge in [-0.3, -0.25) is 0 Å². The molecule has 2 heterocycles. The summed E-state index contributed by atoms with van der Waals surface area (Å²) in [5, 5.41) is 2.81. The SMILES string of the molecule is COC1=CCC(C#CC2C(Cl)N=C(N)NC2N)C(OC)=N1. The average Bonchev–Trinajstić information content (AvgIpc) is 2.46. The number of halogens is 1. The van der Waals surface area contributed by atoms with E-state index in [9.17, 15) is 0 Å². The van der Waals surface area contributed by atoms with E-state index in [1.165, 1.54) is 0 Å². The van der Waals surface area contributed by atoms with Crippen molar-refractivity contribution >= 4 is 23.5 Å². The Morgan fingerprint density at radius 3 is 2.76 bits per heavy atom. The van der Waals surface area contributed by atoms with E-state index in [1.54, 1.807) is 14.2 Å². The van der Waals surface area contributed by atoms with Crippen molar-refractivity contribution in [2.75, 3.05) is 14.2 Å². The fourth-order valence-corrected chi connectivity index (χ4v) is 2.35. The number of alkyl halides is 1. The molecule has 4 unspecified atom stereocenters. The van der Waals surface area contributed by atoms with Crippen LogP contribution in [-0.2, 0) is 9.47 Å². The van der Waals surface area contributed by atoms with Gasteiger partial charge in [-0.05, 0) is 12.5 Å². The molecule has 0 saturated heterocycles. The van der Waals surface area contributed by atoms with E-state index < -0.39 is 11.7 Å². The van der Waals surface area contributed by atoms with Gasteiger partial charge in [-0.15, -0.1) is 0 Å². The second-order valence-corrected chi connectivity index (χ2v) is 5.01. The topological polar surface area (TPSA) is 107 Å². The highest BCUT2D eigenvalue weighted by Gasteiger charge is 2.29. The monoisotopic (exact) mass is 311 g/mol. The molecule has 2 rings (SSSR count). The van der Waals surface area contributed by atoms with Crippen molar-refractivity contribution in [3.05, 3.63) is 12.0 Å². The number of ether oxygens (including phenoxy) is 2. The highest BCUT2D eigenvalue weighted by Crippen LogP contribution is 2.20. The number of methoxy groups -OCH3 is 2. The lowest BCUT2D eigenvalue weighted by molar-refractivity contribution is 0.275. The van der Waals surface area contributed by atoms with Crippen molar-refractivity contribution in [3.63, 3.8) is 0 Å². The van der Waals surface area contributed by atoms with Crippen molar-refractivity contribution in [1.29, 1.82) is 0 Å². The van der Waals surface area contributed by atoms with Gasteiger partial charge in [-0.1, -0.05) is 23.4 Å². The third-order valence-corrected chi connectivity index (χ3v) is 3.52. The summed E-state index contributed by atoms with van der Waals surface area (Å²) >= 11 is 6.12. The van der Waals surface area contributed by atoms with Crippen LogP contribution in [0.1, 0.15) is 6.42 Å². The molecule has 0 fully saturated rings. The Bertz CT molecular complexity index is 549. The number of hydrogen-bond acceptors (Lipinski definition) is 7. The van der Waals surface area contributed by atoms with Gasteiger partial charge in [0.25, 0.3) is 0 Å². The van der Waals surface area contributed by atoms with E-state index in [0.717, 1.165) is 0 Å². The largest absolute Gasteiger partial charge is 0.483 e. The summed E-state index contributed by atoms with van der Waals surface area (Å²) in [7, 11) is 3.11. The molecule has 114 valence electrons. The van der Waals surface area contributed by atoms with E-state index in [1.807, 2.05) is 6.08 Å². The number of guanidine groups is 1. The van der Waals surface area contributed by atoms with E-state index >= 15 is 0 Å². The third-order valence-electron chi connectivity index (χ3n) is 3.15. The summed E-state index contributed by atoms with van der Waals surface area (Å²) in [6.07, 6.45) is 2.04. The highest BCUT2D eigenvalue weighted by molar-refractivity contribution is 6.21. The lowest BCUT2D eigenvalue weighted by Crippen LogP contribution is -2.55. The number of hydrogen-bond donors (Lipinski definition) is 3. The molecule has 0 aliphatic carbocycles. The normalized spacial score (nSPS) is 31.7. The molecule has 21 heavy (non-hydrogen) atoms. The second kappa shape index (κ2) is 6.70. The molecule has 7 nitrogen and oxygen atoms in total. The molecule has 0 bridgehead atoms. The van der Waals surface area contributed by atoms with Gasteiger partial charge in [-0.2, -0.15) is 4.99 Å². The lowest BCUT2D eigenvalue weighted by Gasteiger charge is -2.28. The summed E-state index contributed by atoms with van der Waals surface area (Å²) < 4.78 is 10.3. The van der Waals surface area contributed by atoms with Gasteiger partial charge in [0, 0.05) is 0 Å². The molecule has 0 aromatic heterocycles. The third kappa shape index (κ3) is 3.60. The van der Waals surface area contributed by atoms with Gasteiger partial charge in [0.1, 0.15) is 5.50 Å². The van der Waals surface area contributed by atoms with E-state index in [0.29, 0.717) is 18.2 Å². The predicted octanol–water partition coefficient (Wildman–Crippen LogP) is -0.0738. The van der Waals surface area contributed by atoms with Crippen LogP contribution in [0.15, 0.2) is 21.9 Å². The van der Waals surface area contributed by atoms with E-state index in [-0.39, 0.29) is 17.8 Å².